The first kappa shape index (κ1) is 20.5. The van der Waals surface area contributed by atoms with Crippen LogP contribution in [0.1, 0.15) is 31.4 Å². The van der Waals surface area contributed by atoms with Gasteiger partial charge in [-0.2, -0.15) is 4.98 Å². The van der Waals surface area contributed by atoms with E-state index in [2.05, 4.69) is 25.6 Å². The summed E-state index contributed by atoms with van der Waals surface area (Å²) >= 11 is 1.53. The molecule has 3 N–H and O–H groups in total. The van der Waals surface area contributed by atoms with E-state index in [0.29, 0.717) is 24.0 Å². The highest BCUT2D eigenvalue weighted by Gasteiger charge is 2.43. The summed E-state index contributed by atoms with van der Waals surface area (Å²) < 4.78 is 26.5. The summed E-state index contributed by atoms with van der Waals surface area (Å²) in [4.78, 5) is 16.2. The number of aromatic nitrogens is 3. The van der Waals surface area contributed by atoms with Crippen LogP contribution in [0.15, 0.2) is 30.5 Å². The van der Waals surface area contributed by atoms with Gasteiger partial charge in [0.2, 0.25) is 5.95 Å². The Bertz CT molecular complexity index is 1030. The first-order valence-electron chi connectivity index (χ1n) is 10.5. The van der Waals surface area contributed by atoms with Gasteiger partial charge in [0.25, 0.3) is 5.92 Å². The van der Waals surface area contributed by atoms with E-state index < -0.39 is 5.92 Å². The molecular formula is C21H24F2N6OS. The third-order valence-corrected chi connectivity index (χ3v) is 6.62. The number of alkyl halides is 2. The van der Waals surface area contributed by atoms with Gasteiger partial charge in [-0.05, 0) is 37.8 Å². The number of nitrogens with zero attached hydrogens (tertiary/aromatic N) is 4. The maximum absolute atomic E-state index is 13.3. The van der Waals surface area contributed by atoms with Gasteiger partial charge in [0.1, 0.15) is 10.6 Å². The van der Waals surface area contributed by atoms with Crippen molar-refractivity contribution < 1.29 is 13.9 Å². The van der Waals surface area contributed by atoms with Gasteiger partial charge in [0.15, 0.2) is 0 Å². The van der Waals surface area contributed by atoms with E-state index in [1.54, 1.807) is 11.1 Å². The van der Waals surface area contributed by atoms with Crippen molar-refractivity contribution in [2.24, 2.45) is 0 Å². The molecule has 1 aliphatic heterocycles. The zero-order valence-electron chi connectivity index (χ0n) is 16.9. The maximum Gasteiger partial charge on any atom is 0.272 e. The monoisotopic (exact) mass is 446 g/mol. The van der Waals surface area contributed by atoms with Gasteiger partial charge in [0, 0.05) is 30.2 Å². The Morgan fingerprint density at radius 2 is 1.97 bits per heavy atom. The number of rotatable bonds is 6. The van der Waals surface area contributed by atoms with Crippen LogP contribution in [0.3, 0.4) is 0 Å². The second-order valence-corrected chi connectivity index (χ2v) is 9.38. The van der Waals surface area contributed by atoms with Crippen molar-refractivity contribution >= 4 is 38.3 Å². The van der Waals surface area contributed by atoms with E-state index in [4.69, 9.17) is 0 Å². The van der Waals surface area contributed by atoms with E-state index in [1.807, 2.05) is 24.3 Å². The molecule has 2 aliphatic rings. The SMILES string of the molecule is OC1CCC(Nc2nc(CN3CC(F)(F)C3)cc(Nc3cc4cccnc4s3)n2)CC1. The molecule has 0 bridgehead atoms. The molecule has 0 radical (unpaired) electrons. The number of halogens is 2. The topological polar surface area (TPSA) is 86.2 Å². The predicted molar refractivity (Wildman–Crippen MR) is 117 cm³/mol. The van der Waals surface area contributed by atoms with Gasteiger partial charge >= 0.3 is 0 Å². The zero-order chi connectivity index (χ0) is 21.4. The number of pyridine rings is 1. The summed E-state index contributed by atoms with van der Waals surface area (Å²) in [5.41, 5.74) is 0.686. The number of thiophene rings is 1. The third-order valence-electron chi connectivity index (χ3n) is 5.65. The lowest BCUT2D eigenvalue weighted by Crippen LogP contribution is -2.55. The molecule has 0 amide bonds. The quantitative estimate of drug-likeness (QED) is 0.528. The lowest BCUT2D eigenvalue weighted by atomic mass is 9.93. The maximum atomic E-state index is 13.3. The molecule has 0 spiro atoms. The van der Waals surface area contributed by atoms with E-state index in [-0.39, 0.29) is 25.2 Å². The van der Waals surface area contributed by atoms with E-state index in [9.17, 15) is 13.9 Å². The Hall–Kier alpha value is -2.43. The van der Waals surface area contributed by atoms with Crippen molar-refractivity contribution in [1.82, 2.24) is 19.9 Å². The molecule has 1 saturated heterocycles. The molecule has 1 aliphatic carbocycles. The standard InChI is InChI=1S/C21H24F2N6OS/c22-21(23)11-29(12-21)10-15-9-17(27-18-8-13-2-1-7-24-19(13)31-18)28-20(26-15)25-14-3-5-16(30)6-4-14/h1-2,7-9,14,16,30H,3-6,10-12H2,(H2,25,26,27,28). The summed E-state index contributed by atoms with van der Waals surface area (Å²) in [5.74, 6) is -1.52. The summed E-state index contributed by atoms with van der Waals surface area (Å²) in [6.45, 7) is -0.144. The van der Waals surface area contributed by atoms with Crippen LogP contribution in [0.25, 0.3) is 10.2 Å². The first-order valence-corrected chi connectivity index (χ1v) is 11.3. The normalized spacial score (nSPS) is 23.5. The summed E-state index contributed by atoms with van der Waals surface area (Å²) in [6.07, 6.45) is 4.71. The minimum Gasteiger partial charge on any atom is -0.393 e. The molecule has 10 heteroatoms. The number of nitrogens with one attached hydrogen (secondary N) is 2. The number of hydrogen-bond acceptors (Lipinski definition) is 8. The smallest absolute Gasteiger partial charge is 0.272 e. The Morgan fingerprint density at radius 3 is 2.71 bits per heavy atom. The molecule has 31 heavy (non-hydrogen) atoms. The van der Waals surface area contributed by atoms with Crippen LogP contribution in [0.4, 0.5) is 25.5 Å². The second kappa shape index (κ2) is 8.25. The minimum absolute atomic E-state index is 0.188. The molecule has 4 heterocycles. The Morgan fingerprint density at radius 1 is 1.16 bits per heavy atom. The minimum atomic E-state index is -2.61. The number of hydrogen-bond donors (Lipinski definition) is 3. The van der Waals surface area contributed by atoms with Gasteiger partial charge in [-0.3, -0.25) is 4.90 Å². The molecule has 164 valence electrons. The van der Waals surface area contributed by atoms with Crippen LogP contribution in [-0.4, -0.2) is 56.1 Å². The average Bonchev–Trinajstić information content (AvgIpc) is 3.10. The Balaban J connectivity index is 1.36. The molecule has 3 aromatic heterocycles. The fourth-order valence-electron chi connectivity index (χ4n) is 4.12. The van der Waals surface area contributed by atoms with Crippen LogP contribution >= 0.6 is 11.3 Å². The molecule has 3 aromatic rings. The number of anilines is 3. The summed E-state index contributed by atoms with van der Waals surface area (Å²) in [6, 6.07) is 7.91. The fourth-order valence-corrected chi connectivity index (χ4v) is 5.03. The highest BCUT2D eigenvalue weighted by Crippen LogP contribution is 2.32. The zero-order valence-corrected chi connectivity index (χ0v) is 17.7. The van der Waals surface area contributed by atoms with Crippen molar-refractivity contribution in [3.63, 3.8) is 0 Å². The average molecular weight is 447 g/mol. The number of likely N-dealkylation sites (tertiary alicyclic amines) is 1. The Kier molecular flexibility index (Phi) is 5.45. The highest BCUT2D eigenvalue weighted by atomic mass is 32.1. The lowest BCUT2D eigenvalue weighted by Gasteiger charge is -2.38. The van der Waals surface area contributed by atoms with Crippen molar-refractivity contribution in [3.8, 4) is 0 Å². The van der Waals surface area contributed by atoms with Crippen molar-refractivity contribution in [3.05, 3.63) is 36.2 Å². The Labute approximate surface area is 182 Å². The molecule has 7 nitrogen and oxygen atoms in total. The second-order valence-electron chi connectivity index (χ2n) is 8.35. The molecular weight excluding hydrogens is 422 g/mol. The molecule has 5 rings (SSSR count). The van der Waals surface area contributed by atoms with Crippen LogP contribution in [-0.2, 0) is 6.54 Å². The van der Waals surface area contributed by atoms with Crippen molar-refractivity contribution in [1.29, 1.82) is 0 Å². The number of aliphatic hydroxyl groups is 1. The van der Waals surface area contributed by atoms with Gasteiger partial charge < -0.3 is 15.7 Å². The molecule has 1 saturated carbocycles. The number of fused-ring (bicyclic) bond motifs is 1. The van der Waals surface area contributed by atoms with Gasteiger partial charge in [-0.15, -0.1) is 0 Å². The fraction of sp³-hybridized carbons (Fsp3) is 0.476. The highest BCUT2D eigenvalue weighted by molar-refractivity contribution is 7.22. The molecule has 2 fully saturated rings. The molecule has 0 aromatic carbocycles. The predicted octanol–water partition coefficient (Wildman–Crippen LogP) is 4.00. The van der Waals surface area contributed by atoms with Crippen LogP contribution in [0.2, 0.25) is 0 Å². The summed E-state index contributed by atoms with van der Waals surface area (Å²) in [7, 11) is 0. The molecule has 0 unspecified atom stereocenters. The van der Waals surface area contributed by atoms with E-state index in [0.717, 1.165) is 40.9 Å². The van der Waals surface area contributed by atoms with E-state index in [1.165, 1.54) is 11.3 Å². The van der Waals surface area contributed by atoms with Crippen molar-refractivity contribution in [2.75, 3.05) is 23.7 Å². The molecule has 0 atom stereocenters. The van der Waals surface area contributed by atoms with Gasteiger partial charge in [-0.25, -0.2) is 18.7 Å². The van der Waals surface area contributed by atoms with Crippen LogP contribution in [0.5, 0.6) is 0 Å². The largest absolute Gasteiger partial charge is 0.393 e. The van der Waals surface area contributed by atoms with Crippen molar-refractivity contribution in [2.45, 2.75) is 50.3 Å². The van der Waals surface area contributed by atoms with Gasteiger partial charge in [0.05, 0.1) is 29.9 Å². The lowest BCUT2D eigenvalue weighted by molar-refractivity contribution is -0.134. The number of aliphatic hydroxyl groups excluding tert-OH is 1. The first-order chi connectivity index (χ1) is 14.9. The van der Waals surface area contributed by atoms with Crippen LogP contribution in [0, 0.1) is 0 Å². The third kappa shape index (κ3) is 4.91. The van der Waals surface area contributed by atoms with E-state index >= 15 is 0 Å². The van der Waals surface area contributed by atoms with Crippen LogP contribution < -0.4 is 10.6 Å². The van der Waals surface area contributed by atoms with Gasteiger partial charge in [-0.1, -0.05) is 17.4 Å². The summed E-state index contributed by atoms with van der Waals surface area (Å²) in [5, 5.41) is 18.4.